The molecule has 4 heteroatoms. The number of Topliss-reactive ketones (excluding diaryl/α,β-unsaturated/α-hetero) is 2. The van der Waals surface area contributed by atoms with E-state index in [1.54, 1.807) is 31.2 Å². The monoisotopic (exact) mass is 302 g/mol. The molecule has 1 aliphatic carbocycles. The molecular formula is C18H22O4. The maximum atomic E-state index is 12.4. The minimum Gasteiger partial charge on any atom is -0.465 e. The number of esters is 1. The molecule has 118 valence electrons. The standard InChI is InChI=1S/C18H22O4/c1-2-22-17(21)18(12-7-6-10-16(18)20)13-11-15(19)14-8-4-3-5-9-14/h3-5,8-9H,2,6-7,10-13H2,1H3. The Bertz CT molecular complexity index is 549. The third-order valence-corrected chi connectivity index (χ3v) is 4.33. The Hall–Kier alpha value is -1.97. The van der Waals surface area contributed by atoms with Crippen LogP contribution < -0.4 is 0 Å². The van der Waals surface area contributed by atoms with E-state index in [1.807, 2.05) is 6.07 Å². The van der Waals surface area contributed by atoms with Gasteiger partial charge in [-0.2, -0.15) is 0 Å². The highest BCUT2D eigenvalue weighted by atomic mass is 16.5. The van der Waals surface area contributed by atoms with Crippen molar-refractivity contribution in [3.63, 3.8) is 0 Å². The number of carbonyl (C=O) groups is 3. The van der Waals surface area contributed by atoms with Crippen LogP contribution in [-0.4, -0.2) is 24.1 Å². The van der Waals surface area contributed by atoms with Crippen molar-refractivity contribution in [2.45, 2.75) is 45.4 Å². The normalized spacial score (nSPS) is 21.4. The van der Waals surface area contributed by atoms with Gasteiger partial charge in [-0.15, -0.1) is 0 Å². The van der Waals surface area contributed by atoms with E-state index in [2.05, 4.69) is 0 Å². The molecule has 1 saturated carbocycles. The highest BCUT2D eigenvalue weighted by molar-refractivity contribution is 6.05. The minimum atomic E-state index is -1.11. The molecule has 1 atom stereocenters. The fourth-order valence-corrected chi connectivity index (χ4v) is 3.04. The lowest BCUT2D eigenvalue weighted by Gasteiger charge is -2.33. The molecule has 1 aromatic carbocycles. The first-order chi connectivity index (χ1) is 10.6. The van der Waals surface area contributed by atoms with Crippen molar-refractivity contribution in [1.29, 1.82) is 0 Å². The Morgan fingerprint density at radius 1 is 1.18 bits per heavy atom. The van der Waals surface area contributed by atoms with Crippen molar-refractivity contribution in [3.8, 4) is 0 Å². The van der Waals surface area contributed by atoms with Gasteiger partial charge in [-0.25, -0.2) is 0 Å². The zero-order valence-corrected chi connectivity index (χ0v) is 13.0. The van der Waals surface area contributed by atoms with Crippen molar-refractivity contribution < 1.29 is 19.1 Å². The SMILES string of the molecule is CCOC(=O)C1(CCC(=O)c2ccccc2)CCCCC1=O. The molecule has 1 aromatic rings. The number of rotatable bonds is 6. The smallest absolute Gasteiger partial charge is 0.319 e. The molecule has 0 radical (unpaired) electrons. The lowest BCUT2D eigenvalue weighted by atomic mass is 9.69. The summed E-state index contributed by atoms with van der Waals surface area (Å²) in [6.45, 7) is 1.98. The van der Waals surface area contributed by atoms with Gasteiger partial charge in [0.25, 0.3) is 0 Å². The summed E-state index contributed by atoms with van der Waals surface area (Å²) in [5.74, 6) is -0.568. The summed E-state index contributed by atoms with van der Waals surface area (Å²) >= 11 is 0. The van der Waals surface area contributed by atoms with Gasteiger partial charge in [-0.3, -0.25) is 14.4 Å². The van der Waals surface area contributed by atoms with Crippen molar-refractivity contribution >= 4 is 17.5 Å². The fourth-order valence-electron chi connectivity index (χ4n) is 3.04. The molecule has 0 aliphatic heterocycles. The summed E-state index contributed by atoms with van der Waals surface area (Å²) in [5, 5.41) is 0. The van der Waals surface area contributed by atoms with Gasteiger partial charge in [-0.05, 0) is 26.2 Å². The Kier molecular flexibility index (Phi) is 5.47. The van der Waals surface area contributed by atoms with E-state index in [4.69, 9.17) is 4.74 Å². The van der Waals surface area contributed by atoms with Crippen LogP contribution in [0.2, 0.25) is 0 Å². The molecule has 0 spiro atoms. The first kappa shape index (κ1) is 16.4. The van der Waals surface area contributed by atoms with Crippen molar-refractivity contribution in [3.05, 3.63) is 35.9 Å². The Balaban J connectivity index is 2.12. The molecule has 0 amide bonds. The summed E-state index contributed by atoms with van der Waals surface area (Å²) in [4.78, 5) is 36.9. The van der Waals surface area contributed by atoms with Crippen LogP contribution in [0.3, 0.4) is 0 Å². The van der Waals surface area contributed by atoms with E-state index in [0.29, 0.717) is 18.4 Å². The topological polar surface area (TPSA) is 60.4 Å². The van der Waals surface area contributed by atoms with Crippen LogP contribution in [0.25, 0.3) is 0 Å². The number of benzene rings is 1. The summed E-state index contributed by atoms with van der Waals surface area (Å²) in [5.41, 5.74) is -0.497. The van der Waals surface area contributed by atoms with E-state index in [-0.39, 0.29) is 31.0 Å². The molecule has 1 unspecified atom stereocenters. The van der Waals surface area contributed by atoms with Gasteiger partial charge in [0.15, 0.2) is 5.78 Å². The molecule has 1 aliphatic rings. The average molecular weight is 302 g/mol. The Morgan fingerprint density at radius 3 is 2.55 bits per heavy atom. The van der Waals surface area contributed by atoms with Crippen LogP contribution in [0.5, 0.6) is 0 Å². The van der Waals surface area contributed by atoms with Crippen LogP contribution >= 0.6 is 0 Å². The summed E-state index contributed by atoms with van der Waals surface area (Å²) in [7, 11) is 0. The van der Waals surface area contributed by atoms with E-state index < -0.39 is 11.4 Å². The van der Waals surface area contributed by atoms with E-state index in [0.717, 1.165) is 12.8 Å². The van der Waals surface area contributed by atoms with E-state index in [9.17, 15) is 14.4 Å². The molecule has 1 fully saturated rings. The van der Waals surface area contributed by atoms with Crippen LogP contribution in [0.15, 0.2) is 30.3 Å². The fraction of sp³-hybridized carbons (Fsp3) is 0.500. The lowest BCUT2D eigenvalue weighted by molar-refractivity contribution is -0.162. The summed E-state index contributed by atoms with van der Waals surface area (Å²) in [6, 6.07) is 8.96. The third-order valence-electron chi connectivity index (χ3n) is 4.33. The second kappa shape index (κ2) is 7.34. The second-order valence-corrected chi connectivity index (χ2v) is 5.72. The number of hydrogen-bond acceptors (Lipinski definition) is 4. The molecule has 0 saturated heterocycles. The molecule has 4 nitrogen and oxygen atoms in total. The number of ether oxygens (including phenoxy) is 1. The van der Waals surface area contributed by atoms with Crippen LogP contribution in [0.1, 0.15) is 55.8 Å². The van der Waals surface area contributed by atoms with Gasteiger partial charge >= 0.3 is 5.97 Å². The molecule has 0 heterocycles. The van der Waals surface area contributed by atoms with Crippen molar-refractivity contribution in [2.75, 3.05) is 6.61 Å². The molecular weight excluding hydrogens is 280 g/mol. The zero-order valence-electron chi connectivity index (χ0n) is 13.0. The molecule has 0 bridgehead atoms. The van der Waals surface area contributed by atoms with Gasteiger partial charge < -0.3 is 4.74 Å². The van der Waals surface area contributed by atoms with Crippen LogP contribution in [0.4, 0.5) is 0 Å². The van der Waals surface area contributed by atoms with E-state index in [1.165, 1.54) is 0 Å². The summed E-state index contributed by atoms with van der Waals surface area (Å²) in [6.07, 6.45) is 2.97. The first-order valence-corrected chi connectivity index (χ1v) is 7.89. The predicted octanol–water partition coefficient (Wildman–Crippen LogP) is 3.34. The number of hydrogen-bond donors (Lipinski definition) is 0. The Morgan fingerprint density at radius 2 is 1.91 bits per heavy atom. The van der Waals surface area contributed by atoms with E-state index >= 15 is 0 Å². The highest BCUT2D eigenvalue weighted by Crippen LogP contribution is 2.39. The van der Waals surface area contributed by atoms with Gasteiger partial charge in [0.2, 0.25) is 0 Å². The predicted molar refractivity (Wildman–Crippen MR) is 82.5 cm³/mol. The maximum Gasteiger partial charge on any atom is 0.319 e. The number of ketones is 2. The first-order valence-electron chi connectivity index (χ1n) is 7.89. The second-order valence-electron chi connectivity index (χ2n) is 5.72. The zero-order chi connectivity index (χ0) is 16.0. The quantitative estimate of drug-likeness (QED) is 0.459. The van der Waals surface area contributed by atoms with Gasteiger partial charge in [0.05, 0.1) is 6.61 Å². The molecule has 2 rings (SSSR count). The van der Waals surface area contributed by atoms with Gasteiger partial charge in [0, 0.05) is 18.4 Å². The van der Waals surface area contributed by atoms with Crippen molar-refractivity contribution in [2.24, 2.45) is 5.41 Å². The van der Waals surface area contributed by atoms with Gasteiger partial charge in [-0.1, -0.05) is 36.8 Å². The minimum absolute atomic E-state index is 0.0392. The van der Waals surface area contributed by atoms with Gasteiger partial charge in [0.1, 0.15) is 11.2 Å². The number of carbonyl (C=O) groups excluding carboxylic acids is 3. The third kappa shape index (κ3) is 3.43. The summed E-state index contributed by atoms with van der Waals surface area (Å²) < 4.78 is 5.12. The van der Waals surface area contributed by atoms with Crippen LogP contribution in [-0.2, 0) is 14.3 Å². The molecule has 22 heavy (non-hydrogen) atoms. The highest BCUT2D eigenvalue weighted by Gasteiger charge is 2.47. The van der Waals surface area contributed by atoms with Crippen molar-refractivity contribution in [1.82, 2.24) is 0 Å². The molecule has 0 N–H and O–H groups in total. The molecule has 0 aromatic heterocycles. The lowest BCUT2D eigenvalue weighted by Crippen LogP contribution is -2.43. The maximum absolute atomic E-state index is 12.4. The largest absolute Gasteiger partial charge is 0.465 e. The Labute approximate surface area is 130 Å². The van der Waals surface area contributed by atoms with Crippen LogP contribution in [0, 0.1) is 5.41 Å². The average Bonchev–Trinajstić information content (AvgIpc) is 2.55.